The summed E-state index contributed by atoms with van der Waals surface area (Å²) in [4.78, 5) is 11.3. The van der Waals surface area contributed by atoms with Gasteiger partial charge in [0.05, 0.1) is 0 Å². The van der Waals surface area contributed by atoms with Crippen LogP contribution in [-0.2, 0) is 0 Å². The Bertz CT molecular complexity index is 665. The summed E-state index contributed by atoms with van der Waals surface area (Å²) in [7, 11) is 0. The van der Waals surface area contributed by atoms with Crippen LogP contribution in [0.2, 0.25) is 0 Å². The van der Waals surface area contributed by atoms with Crippen LogP contribution in [0.15, 0.2) is 29.4 Å². The Labute approximate surface area is 207 Å². The topological polar surface area (TPSA) is 0 Å². The van der Waals surface area contributed by atoms with E-state index in [1.807, 2.05) is 29.4 Å². The number of hydrogen-bond donors (Lipinski definition) is 0. The van der Waals surface area contributed by atoms with Gasteiger partial charge in [-0.3, -0.25) is 0 Å². The summed E-state index contributed by atoms with van der Waals surface area (Å²) in [5, 5.41) is 0. The molecule has 0 aromatic carbocycles. The average Bonchev–Trinajstić information content (AvgIpc) is 3.56. The summed E-state index contributed by atoms with van der Waals surface area (Å²) in [5.74, 6) is 13.4. The van der Waals surface area contributed by atoms with Crippen molar-refractivity contribution in [2.75, 3.05) is 34.5 Å². The van der Waals surface area contributed by atoms with Crippen molar-refractivity contribution < 1.29 is 0 Å². The van der Waals surface area contributed by atoms with Crippen molar-refractivity contribution in [1.29, 1.82) is 0 Å². The first-order chi connectivity index (χ1) is 14.9. The third-order valence-electron chi connectivity index (χ3n) is 8.32. The normalized spacial score (nSPS) is 43.2. The third-order valence-corrected chi connectivity index (χ3v) is 16.4. The molecule has 0 bridgehead atoms. The highest BCUT2D eigenvalue weighted by Crippen LogP contribution is 2.63. The molecule has 0 aromatic rings. The van der Waals surface area contributed by atoms with E-state index in [1.165, 1.54) is 73.0 Å². The maximum Gasteiger partial charge on any atom is -0.00115 e. The number of thioether (sulfide) groups is 6. The van der Waals surface area contributed by atoms with Gasteiger partial charge >= 0.3 is 0 Å². The Balaban J connectivity index is 1.44. The van der Waals surface area contributed by atoms with E-state index < -0.39 is 0 Å². The van der Waals surface area contributed by atoms with Gasteiger partial charge in [0.25, 0.3) is 0 Å². The van der Waals surface area contributed by atoms with Crippen LogP contribution in [-0.4, -0.2) is 34.5 Å². The van der Waals surface area contributed by atoms with Crippen molar-refractivity contribution in [3.05, 3.63) is 29.4 Å². The van der Waals surface area contributed by atoms with Gasteiger partial charge in [-0.2, -0.15) is 0 Å². The van der Waals surface area contributed by atoms with E-state index >= 15 is 0 Å². The second-order valence-electron chi connectivity index (χ2n) is 9.65. The molecule has 0 nitrogen and oxygen atoms in total. The fraction of sp³-hybridized carbons (Fsp3) is 0.750. The highest BCUT2D eigenvalue weighted by atomic mass is 32.2. The summed E-state index contributed by atoms with van der Waals surface area (Å²) in [5.41, 5.74) is 0. The molecule has 6 atom stereocenters. The highest BCUT2D eigenvalue weighted by Gasteiger charge is 2.47. The van der Waals surface area contributed by atoms with E-state index in [9.17, 15) is 0 Å². The van der Waals surface area contributed by atoms with E-state index in [0.717, 1.165) is 35.5 Å². The molecule has 0 aromatic heterocycles. The fourth-order valence-corrected chi connectivity index (χ4v) is 16.4. The molecule has 6 saturated heterocycles. The second kappa shape index (κ2) is 8.52. The molecule has 7 rings (SSSR count). The van der Waals surface area contributed by atoms with Crippen LogP contribution < -0.4 is 0 Å². The van der Waals surface area contributed by atoms with E-state index in [4.69, 9.17) is 0 Å². The quantitative estimate of drug-likeness (QED) is 0.320. The Morgan fingerprint density at radius 2 is 0.467 bits per heavy atom. The summed E-state index contributed by atoms with van der Waals surface area (Å²) in [6.07, 6.45) is 8.67. The predicted octanol–water partition coefficient (Wildman–Crippen LogP) is 8.15. The first-order valence-corrected chi connectivity index (χ1v) is 17.8. The zero-order chi connectivity index (χ0) is 19.7. The third kappa shape index (κ3) is 3.23. The zero-order valence-electron chi connectivity index (χ0n) is 17.4. The molecule has 0 amide bonds. The largest absolute Gasteiger partial charge is 0.129 e. The van der Waals surface area contributed by atoms with Gasteiger partial charge in [0.2, 0.25) is 0 Å². The van der Waals surface area contributed by atoms with Crippen molar-refractivity contribution in [2.45, 2.75) is 38.5 Å². The van der Waals surface area contributed by atoms with Crippen molar-refractivity contribution in [1.82, 2.24) is 0 Å². The van der Waals surface area contributed by atoms with Gasteiger partial charge in [0.1, 0.15) is 0 Å². The Kier molecular flexibility index (Phi) is 5.87. The van der Waals surface area contributed by atoms with Crippen LogP contribution in [0.3, 0.4) is 0 Å². The first kappa shape index (κ1) is 20.7. The van der Waals surface area contributed by atoms with Gasteiger partial charge in [-0.15, -0.1) is 70.6 Å². The lowest BCUT2D eigenvalue weighted by molar-refractivity contribution is 0.412. The molecule has 0 radical (unpaired) electrons. The van der Waals surface area contributed by atoms with E-state index in [1.54, 1.807) is 0 Å². The van der Waals surface area contributed by atoms with Gasteiger partial charge in [0, 0.05) is 0 Å². The molecule has 7 aliphatic rings. The molecule has 0 N–H and O–H groups in total. The maximum absolute atomic E-state index is 2.27. The predicted molar refractivity (Wildman–Crippen MR) is 144 cm³/mol. The van der Waals surface area contributed by atoms with Crippen molar-refractivity contribution in [2.24, 2.45) is 35.5 Å². The molecule has 0 saturated carbocycles. The Morgan fingerprint density at radius 1 is 0.300 bits per heavy atom. The van der Waals surface area contributed by atoms with Gasteiger partial charge in [-0.1, -0.05) is 0 Å². The minimum Gasteiger partial charge on any atom is -0.129 e. The van der Waals surface area contributed by atoms with Gasteiger partial charge in [0.15, 0.2) is 0 Å². The molecule has 1 aliphatic carbocycles. The van der Waals surface area contributed by atoms with Crippen LogP contribution in [0.5, 0.6) is 0 Å². The van der Waals surface area contributed by atoms with E-state index in [2.05, 4.69) is 70.6 Å². The molecule has 0 spiro atoms. The molecular formula is C24H30S6. The lowest BCUT2D eigenvalue weighted by atomic mass is 9.78. The standard InChI is InChI=1S/C24H30S6/c1-7-25-19-13(1)14-2-8-26-20(14)22-17(5-10-28-22)18-6-12-30-24(18)23-16(4-11-29-23)15-3-9-27-21(15)19/h13-18H,1-12H2. The molecule has 6 heteroatoms. The van der Waals surface area contributed by atoms with Crippen LogP contribution in [0.25, 0.3) is 0 Å². The fourth-order valence-electron chi connectivity index (χ4n) is 7.03. The molecular weight excluding hydrogens is 481 g/mol. The zero-order valence-corrected chi connectivity index (χ0v) is 22.3. The molecule has 162 valence electrons. The van der Waals surface area contributed by atoms with Crippen molar-refractivity contribution in [3.8, 4) is 0 Å². The minimum absolute atomic E-state index is 0.857. The van der Waals surface area contributed by atoms with Crippen molar-refractivity contribution in [3.63, 3.8) is 0 Å². The molecule has 6 fully saturated rings. The summed E-state index contributed by atoms with van der Waals surface area (Å²) >= 11 is 13.6. The summed E-state index contributed by atoms with van der Waals surface area (Å²) < 4.78 is 0. The second-order valence-corrected chi connectivity index (χ2v) is 16.5. The minimum atomic E-state index is 0.857. The number of allylic oxidation sites excluding steroid dienone is 6. The van der Waals surface area contributed by atoms with Crippen LogP contribution in [0.1, 0.15) is 38.5 Å². The van der Waals surface area contributed by atoms with Crippen LogP contribution in [0.4, 0.5) is 0 Å². The summed E-state index contributed by atoms with van der Waals surface area (Å²) in [6, 6.07) is 0. The smallest absolute Gasteiger partial charge is 0.00115 e. The van der Waals surface area contributed by atoms with Crippen LogP contribution in [0, 0.1) is 35.5 Å². The molecule has 30 heavy (non-hydrogen) atoms. The van der Waals surface area contributed by atoms with Gasteiger partial charge in [-0.25, -0.2) is 0 Å². The number of hydrogen-bond acceptors (Lipinski definition) is 6. The number of rotatable bonds is 0. The number of fused-ring (bicyclic) bond motifs is 9. The van der Waals surface area contributed by atoms with Gasteiger partial charge < -0.3 is 0 Å². The summed E-state index contributed by atoms with van der Waals surface area (Å²) in [6.45, 7) is 0. The highest BCUT2D eigenvalue weighted by molar-refractivity contribution is 8.08. The molecule has 6 unspecified atom stereocenters. The maximum atomic E-state index is 2.27. The SMILES string of the molecule is C1CC2C(=C3SCCC3C3CCSC3=C3SCCC3C3CCSC3=C3SCCC32)S1. The first-order valence-electron chi connectivity index (χ1n) is 11.9. The van der Waals surface area contributed by atoms with E-state index in [-0.39, 0.29) is 0 Å². The monoisotopic (exact) mass is 510 g/mol. The van der Waals surface area contributed by atoms with Gasteiger partial charge in [-0.05, 0) is 138 Å². The molecule has 6 heterocycles. The Hall–Kier alpha value is 1.32. The molecule has 6 aliphatic heterocycles. The lowest BCUT2D eigenvalue weighted by Crippen LogP contribution is -2.21. The van der Waals surface area contributed by atoms with Crippen molar-refractivity contribution >= 4 is 70.6 Å². The average molecular weight is 511 g/mol. The van der Waals surface area contributed by atoms with Crippen LogP contribution >= 0.6 is 70.6 Å². The van der Waals surface area contributed by atoms with E-state index in [0.29, 0.717) is 0 Å². The Morgan fingerprint density at radius 3 is 0.633 bits per heavy atom. The lowest BCUT2D eigenvalue weighted by Gasteiger charge is -2.31.